The van der Waals surface area contributed by atoms with Gasteiger partial charge in [-0.2, -0.15) is 5.26 Å². The molecule has 2 aromatic rings. The van der Waals surface area contributed by atoms with Crippen LogP contribution in [-0.4, -0.2) is 41.1 Å². The van der Waals surface area contributed by atoms with E-state index in [1.807, 2.05) is 4.90 Å². The Bertz CT molecular complexity index is 722. The summed E-state index contributed by atoms with van der Waals surface area (Å²) in [7, 11) is 0. The number of aromatic nitrogens is 3. The Morgan fingerprint density at radius 1 is 1.13 bits per heavy atom. The number of alkyl halides is 2. The maximum absolute atomic E-state index is 12.7. The minimum absolute atomic E-state index is 0.267. The molecule has 0 amide bonds. The standard InChI is InChI=1S/C15H14F2N6/c16-15(17)12-7-14(21-10-20-12)23-5-3-22(4-6-23)13-9-19-2-1-11(13)8-18/h1-2,7,9-10,15H,3-6H2. The van der Waals surface area contributed by atoms with E-state index in [2.05, 4.69) is 25.9 Å². The number of nitrogens with zero attached hydrogens (tertiary/aromatic N) is 6. The van der Waals surface area contributed by atoms with Crippen LogP contribution in [0.15, 0.2) is 30.9 Å². The van der Waals surface area contributed by atoms with Crippen molar-refractivity contribution in [2.24, 2.45) is 0 Å². The Hall–Kier alpha value is -2.82. The number of anilines is 2. The van der Waals surface area contributed by atoms with Crippen LogP contribution < -0.4 is 9.80 Å². The molecule has 2 aromatic heterocycles. The van der Waals surface area contributed by atoms with E-state index in [1.54, 1.807) is 18.5 Å². The number of hydrogen-bond acceptors (Lipinski definition) is 6. The van der Waals surface area contributed by atoms with E-state index in [4.69, 9.17) is 5.26 Å². The van der Waals surface area contributed by atoms with Crippen LogP contribution in [0.1, 0.15) is 17.7 Å². The summed E-state index contributed by atoms with van der Waals surface area (Å²) in [6.07, 6.45) is 1.82. The second-order valence-electron chi connectivity index (χ2n) is 5.08. The highest BCUT2D eigenvalue weighted by atomic mass is 19.3. The van der Waals surface area contributed by atoms with Gasteiger partial charge < -0.3 is 9.80 Å². The Morgan fingerprint density at radius 3 is 2.57 bits per heavy atom. The zero-order chi connectivity index (χ0) is 16.2. The molecule has 0 aromatic carbocycles. The van der Waals surface area contributed by atoms with Gasteiger partial charge in [0, 0.05) is 38.4 Å². The van der Waals surface area contributed by atoms with Gasteiger partial charge in [0.05, 0.1) is 17.4 Å². The molecule has 0 unspecified atom stereocenters. The quantitative estimate of drug-likeness (QED) is 0.863. The van der Waals surface area contributed by atoms with Gasteiger partial charge in [0.2, 0.25) is 0 Å². The third-order valence-electron chi connectivity index (χ3n) is 3.76. The molecule has 0 bridgehead atoms. The van der Waals surface area contributed by atoms with Crippen molar-refractivity contribution in [1.82, 2.24) is 15.0 Å². The number of hydrogen-bond donors (Lipinski definition) is 0. The Labute approximate surface area is 132 Å². The Kier molecular flexibility index (Phi) is 4.28. The van der Waals surface area contributed by atoms with Gasteiger partial charge in [-0.05, 0) is 6.07 Å². The van der Waals surface area contributed by atoms with Crippen LogP contribution in [0.2, 0.25) is 0 Å². The summed E-state index contributed by atoms with van der Waals surface area (Å²) < 4.78 is 25.5. The zero-order valence-electron chi connectivity index (χ0n) is 12.2. The lowest BCUT2D eigenvalue weighted by Crippen LogP contribution is -2.47. The molecule has 1 aliphatic heterocycles. The first-order valence-corrected chi connectivity index (χ1v) is 7.13. The summed E-state index contributed by atoms with van der Waals surface area (Å²) in [6.45, 7) is 2.57. The van der Waals surface area contributed by atoms with Crippen LogP contribution in [0.3, 0.4) is 0 Å². The van der Waals surface area contributed by atoms with Gasteiger partial charge in [-0.1, -0.05) is 0 Å². The summed E-state index contributed by atoms with van der Waals surface area (Å²) in [5.74, 6) is 0.502. The summed E-state index contributed by atoms with van der Waals surface area (Å²) in [5, 5.41) is 9.16. The fourth-order valence-electron chi connectivity index (χ4n) is 2.56. The highest BCUT2D eigenvalue weighted by molar-refractivity contribution is 5.58. The van der Waals surface area contributed by atoms with Gasteiger partial charge in [-0.25, -0.2) is 18.7 Å². The van der Waals surface area contributed by atoms with Crippen LogP contribution in [0, 0.1) is 11.3 Å². The van der Waals surface area contributed by atoms with Crippen LogP contribution >= 0.6 is 0 Å². The smallest absolute Gasteiger partial charge is 0.280 e. The van der Waals surface area contributed by atoms with Gasteiger partial charge in [0.1, 0.15) is 23.9 Å². The molecule has 0 radical (unpaired) electrons. The van der Waals surface area contributed by atoms with Gasteiger partial charge >= 0.3 is 0 Å². The molecule has 0 atom stereocenters. The molecule has 0 saturated carbocycles. The van der Waals surface area contributed by atoms with Crippen molar-refractivity contribution in [3.8, 4) is 6.07 Å². The fraction of sp³-hybridized carbons (Fsp3) is 0.333. The molecule has 1 aliphatic rings. The highest BCUT2D eigenvalue weighted by Gasteiger charge is 2.21. The summed E-state index contributed by atoms with van der Waals surface area (Å²) in [6, 6.07) is 5.16. The lowest BCUT2D eigenvalue weighted by Gasteiger charge is -2.36. The number of rotatable bonds is 3. The third-order valence-corrected chi connectivity index (χ3v) is 3.76. The van der Waals surface area contributed by atoms with E-state index < -0.39 is 6.43 Å². The first-order valence-electron chi connectivity index (χ1n) is 7.13. The number of pyridine rings is 1. The largest absolute Gasteiger partial charge is 0.366 e. The van der Waals surface area contributed by atoms with Crippen molar-refractivity contribution in [2.45, 2.75) is 6.43 Å². The lowest BCUT2D eigenvalue weighted by molar-refractivity contribution is 0.146. The van der Waals surface area contributed by atoms with Crippen molar-refractivity contribution in [1.29, 1.82) is 5.26 Å². The van der Waals surface area contributed by atoms with Crippen LogP contribution in [0.4, 0.5) is 20.3 Å². The predicted octanol–water partition coefficient (Wildman–Crippen LogP) is 2.01. The topological polar surface area (TPSA) is 68.9 Å². The Balaban J connectivity index is 1.71. The monoisotopic (exact) mass is 316 g/mol. The highest BCUT2D eigenvalue weighted by Crippen LogP contribution is 2.23. The zero-order valence-corrected chi connectivity index (χ0v) is 12.2. The normalized spacial score (nSPS) is 14.9. The minimum atomic E-state index is -2.60. The van der Waals surface area contributed by atoms with Gasteiger partial charge in [-0.3, -0.25) is 4.98 Å². The van der Waals surface area contributed by atoms with Crippen molar-refractivity contribution in [3.05, 3.63) is 42.1 Å². The van der Waals surface area contributed by atoms with Crippen molar-refractivity contribution in [2.75, 3.05) is 36.0 Å². The molecule has 23 heavy (non-hydrogen) atoms. The third kappa shape index (κ3) is 3.18. The Morgan fingerprint density at radius 2 is 1.87 bits per heavy atom. The summed E-state index contributed by atoms with van der Waals surface area (Å²) >= 11 is 0. The molecule has 0 N–H and O–H groups in total. The minimum Gasteiger partial charge on any atom is -0.366 e. The molecule has 3 heterocycles. The van der Waals surface area contributed by atoms with E-state index in [0.717, 1.165) is 12.0 Å². The van der Waals surface area contributed by atoms with Gasteiger partial charge in [0.15, 0.2) is 0 Å². The summed E-state index contributed by atoms with van der Waals surface area (Å²) in [4.78, 5) is 15.7. The first kappa shape index (κ1) is 15.1. The molecule has 1 fully saturated rings. The molecule has 1 saturated heterocycles. The summed E-state index contributed by atoms with van der Waals surface area (Å²) in [5.41, 5.74) is 1.11. The van der Waals surface area contributed by atoms with Gasteiger partial charge in [0.25, 0.3) is 6.43 Å². The van der Waals surface area contributed by atoms with Crippen molar-refractivity contribution < 1.29 is 8.78 Å². The van der Waals surface area contributed by atoms with E-state index in [1.165, 1.54) is 6.07 Å². The number of halogens is 2. The van der Waals surface area contributed by atoms with E-state index in [-0.39, 0.29) is 5.69 Å². The molecule has 6 nitrogen and oxygen atoms in total. The van der Waals surface area contributed by atoms with Gasteiger partial charge in [-0.15, -0.1) is 0 Å². The van der Waals surface area contributed by atoms with Crippen molar-refractivity contribution in [3.63, 3.8) is 0 Å². The number of piperazine rings is 1. The second kappa shape index (κ2) is 6.52. The molecular formula is C15H14F2N6. The van der Waals surface area contributed by atoms with Crippen molar-refractivity contribution >= 4 is 11.5 Å². The molecule has 0 aliphatic carbocycles. The molecule has 3 rings (SSSR count). The van der Waals surface area contributed by atoms with E-state index >= 15 is 0 Å². The molecular weight excluding hydrogens is 302 g/mol. The SMILES string of the molecule is N#Cc1ccncc1N1CCN(c2cc(C(F)F)ncn2)CC1. The van der Waals surface area contributed by atoms with Crippen LogP contribution in [0.25, 0.3) is 0 Å². The number of nitriles is 1. The lowest BCUT2D eigenvalue weighted by atomic mass is 10.2. The fourth-order valence-corrected chi connectivity index (χ4v) is 2.56. The van der Waals surface area contributed by atoms with E-state index in [0.29, 0.717) is 37.6 Å². The van der Waals surface area contributed by atoms with E-state index in [9.17, 15) is 8.78 Å². The first-order chi connectivity index (χ1) is 11.2. The van der Waals surface area contributed by atoms with Crippen LogP contribution in [-0.2, 0) is 0 Å². The second-order valence-corrected chi connectivity index (χ2v) is 5.08. The average molecular weight is 316 g/mol. The maximum Gasteiger partial charge on any atom is 0.280 e. The molecule has 118 valence electrons. The predicted molar refractivity (Wildman–Crippen MR) is 80.4 cm³/mol. The van der Waals surface area contributed by atoms with Crippen LogP contribution in [0.5, 0.6) is 0 Å². The average Bonchev–Trinajstić information content (AvgIpc) is 2.62. The molecule has 0 spiro atoms. The molecule has 8 heteroatoms. The maximum atomic E-state index is 12.7.